The largest absolute Gasteiger partial charge is 0.481 e. The normalized spacial score (nSPS) is 11.6. The summed E-state index contributed by atoms with van der Waals surface area (Å²) in [5, 5.41) is 2.56. The lowest BCUT2D eigenvalue weighted by atomic mass is 10.0. The SMILES string of the molecule is C[C@@H](Oc1ccccc1Cc1ccccc1)C(=O)Nc1ccccc1F. The van der Waals surface area contributed by atoms with Gasteiger partial charge in [0.15, 0.2) is 6.10 Å². The van der Waals surface area contributed by atoms with Gasteiger partial charge < -0.3 is 10.1 Å². The van der Waals surface area contributed by atoms with Crippen molar-refractivity contribution < 1.29 is 13.9 Å². The number of hydrogen-bond donors (Lipinski definition) is 1. The number of benzene rings is 3. The van der Waals surface area contributed by atoms with Crippen molar-refractivity contribution in [3.05, 3.63) is 95.8 Å². The van der Waals surface area contributed by atoms with Crippen molar-refractivity contribution >= 4 is 11.6 Å². The fourth-order valence-electron chi connectivity index (χ4n) is 2.62. The minimum atomic E-state index is -0.758. The molecule has 0 heterocycles. The number of rotatable bonds is 6. The number of hydrogen-bond acceptors (Lipinski definition) is 2. The number of halogens is 1. The molecule has 0 aliphatic heterocycles. The smallest absolute Gasteiger partial charge is 0.265 e. The maximum absolute atomic E-state index is 13.7. The van der Waals surface area contributed by atoms with Crippen molar-refractivity contribution in [1.29, 1.82) is 0 Å². The zero-order chi connectivity index (χ0) is 18.4. The topological polar surface area (TPSA) is 38.3 Å². The summed E-state index contributed by atoms with van der Waals surface area (Å²) in [5.41, 5.74) is 2.29. The molecule has 0 fully saturated rings. The van der Waals surface area contributed by atoms with E-state index in [1.165, 1.54) is 12.1 Å². The number of para-hydroxylation sites is 2. The average Bonchev–Trinajstić information content (AvgIpc) is 2.66. The second kappa shape index (κ2) is 8.30. The van der Waals surface area contributed by atoms with E-state index in [1.54, 1.807) is 19.1 Å². The van der Waals surface area contributed by atoms with Gasteiger partial charge in [0.25, 0.3) is 5.91 Å². The first kappa shape index (κ1) is 17.7. The second-order valence-corrected chi connectivity index (χ2v) is 6.00. The molecule has 4 heteroatoms. The average molecular weight is 349 g/mol. The minimum absolute atomic E-state index is 0.144. The van der Waals surface area contributed by atoms with E-state index in [1.807, 2.05) is 54.6 Å². The number of anilines is 1. The highest BCUT2D eigenvalue weighted by molar-refractivity contribution is 5.94. The molecule has 0 radical (unpaired) electrons. The molecule has 3 nitrogen and oxygen atoms in total. The van der Waals surface area contributed by atoms with Crippen LogP contribution in [0.2, 0.25) is 0 Å². The summed E-state index contributed by atoms with van der Waals surface area (Å²) in [7, 11) is 0. The van der Waals surface area contributed by atoms with E-state index in [2.05, 4.69) is 5.32 Å². The van der Waals surface area contributed by atoms with Crippen LogP contribution in [0.3, 0.4) is 0 Å². The molecule has 0 aromatic heterocycles. The number of ether oxygens (including phenoxy) is 1. The molecule has 0 saturated heterocycles. The third-order valence-corrected chi connectivity index (χ3v) is 4.01. The van der Waals surface area contributed by atoms with Crippen molar-refractivity contribution in [3.63, 3.8) is 0 Å². The van der Waals surface area contributed by atoms with Gasteiger partial charge in [0, 0.05) is 6.42 Å². The van der Waals surface area contributed by atoms with Crippen LogP contribution >= 0.6 is 0 Å². The fourth-order valence-corrected chi connectivity index (χ4v) is 2.62. The Morgan fingerprint density at radius 1 is 0.962 bits per heavy atom. The van der Waals surface area contributed by atoms with E-state index in [0.717, 1.165) is 11.1 Å². The predicted molar refractivity (Wildman–Crippen MR) is 101 cm³/mol. The van der Waals surface area contributed by atoms with E-state index in [9.17, 15) is 9.18 Å². The first-order chi connectivity index (χ1) is 12.6. The molecule has 0 bridgehead atoms. The molecule has 0 aliphatic rings. The minimum Gasteiger partial charge on any atom is -0.481 e. The molecule has 1 atom stereocenters. The van der Waals surface area contributed by atoms with Gasteiger partial charge in [0.2, 0.25) is 0 Å². The van der Waals surface area contributed by atoms with Gasteiger partial charge in [-0.1, -0.05) is 60.7 Å². The van der Waals surface area contributed by atoms with E-state index in [0.29, 0.717) is 12.2 Å². The molecule has 1 N–H and O–H groups in total. The standard InChI is InChI=1S/C22H20FNO2/c1-16(22(25)24-20-13-7-6-12-19(20)23)26-21-14-8-5-11-18(21)15-17-9-3-2-4-10-17/h2-14,16H,15H2,1H3,(H,24,25)/t16-/m1/s1. The number of carbonyl (C=O) groups excluding carboxylic acids is 1. The lowest BCUT2D eigenvalue weighted by Crippen LogP contribution is -2.30. The number of nitrogens with one attached hydrogen (secondary N) is 1. The molecule has 3 aromatic rings. The van der Waals surface area contributed by atoms with Gasteiger partial charge in [-0.3, -0.25) is 4.79 Å². The van der Waals surface area contributed by atoms with Gasteiger partial charge in [-0.05, 0) is 36.2 Å². The van der Waals surface area contributed by atoms with Crippen LogP contribution in [0.15, 0.2) is 78.9 Å². The second-order valence-electron chi connectivity index (χ2n) is 6.00. The maximum Gasteiger partial charge on any atom is 0.265 e. The summed E-state index contributed by atoms with van der Waals surface area (Å²) in [4.78, 5) is 12.3. The molecule has 3 rings (SSSR count). The molecule has 0 aliphatic carbocycles. The van der Waals surface area contributed by atoms with E-state index in [-0.39, 0.29) is 5.69 Å². The van der Waals surface area contributed by atoms with Crippen LogP contribution < -0.4 is 10.1 Å². The Labute approximate surface area is 152 Å². The van der Waals surface area contributed by atoms with Gasteiger partial charge in [-0.15, -0.1) is 0 Å². The Hall–Kier alpha value is -3.14. The summed E-state index contributed by atoms with van der Waals surface area (Å²) in [6.45, 7) is 1.65. The van der Waals surface area contributed by atoms with Gasteiger partial charge in [-0.25, -0.2) is 4.39 Å². The van der Waals surface area contributed by atoms with Crippen LogP contribution in [-0.4, -0.2) is 12.0 Å². The summed E-state index contributed by atoms with van der Waals surface area (Å²) >= 11 is 0. The van der Waals surface area contributed by atoms with Crippen molar-refractivity contribution in [3.8, 4) is 5.75 Å². The molecule has 3 aromatic carbocycles. The highest BCUT2D eigenvalue weighted by Gasteiger charge is 2.17. The van der Waals surface area contributed by atoms with Crippen molar-refractivity contribution in [2.45, 2.75) is 19.4 Å². The van der Waals surface area contributed by atoms with Gasteiger partial charge in [-0.2, -0.15) is 0 Å². The first-order valence-electron chi connectivity index (χ1n) is 8.47. The van der Waals surface area contributed by atoms with Crippen LogP contribution in [0.1, 0.15) is 18.1 Å². The van der Waals surface area contributed by atoms with Crippen LogP contribution in [0.25, 0.3) is 0 Å². The lowest BCUT2D eigenvalue weighted by Gasteiger charge is -2.17. The van der Waals surface area contributed by atoms with E-state index in [4.69, 9.17) is 4.74 Å². The Bertz CT molecular complexity index is 880. The summed E-state index contributed by atoms with van der Waals surface area (Å²) < 4.78 is 19.5. The zero-order valence-electron chi connectivity index (χ0n) is 14.5. The third kappa shape index (κ3) is 4.48. The Morgan fingerprint density at radius 2 is 1.62 bits per heavy atom. The van der Waals surface area contributed by atoms with Crippen LogP contribution in [0.4, 0.5) is 10.1 Å². The van der Waals surface area contributed by atoms with E-state index < -0.39 is 17.8 Å². The quantitative estimate of drug-likeness (QED) is 0.693. The Morgan fingerprint density at radius 3 is 2.38 bits per heavy atom. The lowest BCUT2D eigenvalue weighted by molar-refractivity contribution is -0.122. The Balaban J connectivity index is 1.70. The van der Waals surface area contributed by atoms with Crippen LogP contribution in [0, 0.1) is 5.82 Å². The van der Waals surface area contributed by atoms with Crippen LogP contribution in [-0.2, 0) is 11.2 Å². The van der Waals surface area contributed by atoms with Gasteiger partial charge in [0.1, 0.15) is 11.6 Å². The zero-order valence-corrected chi connectivity index (χ0v) is 14.5. The van der Waals surface area contributed by atoms with Crippen molar-refractivity contribution in [2.75, 3.05) is 5.32 Å². The summed E-state index contributed by atoms with van der Waals surface area (Å²) in [6.07, 6.45) is -0.0508. The monoisotopic (exact) mass is 349 g/mol. The molecular weight excluding hydrogens is 329 g/mol. The number of carbonyl (C=O) groups is 1. The molecule has 0 saturated carbocycles. The third-order valence-electron chi connectivity index (χ3n) is 4.01. The molecule has 0 unspecified atom stereocenters. The highest BCUT2D eigenvalue weighted by atomic mass is 19.1. The molecule has 0 spiro atoms. The molecular formula is C22H20FNO2. The van der Waals surface area contributed by atoms with Gasteiger partial charge in [0.05, 0.1) is 5.69 Å². The summed E-state index contributed by atoms with van der Waals surface area (Å²) in [6, 6.07) is 23.7. The molecule has 26 heavy (non-hydrogen) atoms. The fraction of sp³-hybridized carbons (Fsp3) is 0.136. The predicted octanol–water partition coefficient (Wildman–Crippen LogP) is 4.82. The molecule has 1 amide bonds. The van der Waals surface area contributed by atoms with Crippen molar-refractivity contribution in [1.82, 2.24) is 0 Å². The van der Waals surface area contributed by atoms with Crippen LogP contribution in [0.5, 0.6) is 5.75 Å². The number of amides is 1. The highest BCUT2D eigenvalue weighted by Crippen LogP contribution is 2.23. The molecule has 132 valence electrons. The summed E-state index contributed by atoms with van der Waals surface area (Å²) in [5.74, 6) is -0.227. The first-order valence-corrected chi connectivity index (χ1v) is 8.47. The Kier molecular flexibility index (Phi) is 5.64. The van der Waals surface area contributed by atoms with Gasteiger partial charge >= 0.3 is 0 Å². The van der Waals surface area contributed by atoms with E-state index >= 15 is 0 Å². The van der Waals surface area contributed by atoms with Crippen molar-refractivity contribution in [2.24, 2.45) is 0 Å². The maximum atomic E-state index is 13.7.